The molecule has 2 aromatic rings. The van der Waals surface area contributed by atoms with Gasteiger partial charge in [-0.2, -0.15) is 5.10 Å². The monoisotopic (exact) mass is 246 g/mol. The fraction of sp³-hybridized carbons (Fsp3) is 0.333. The highest BCUT2D eigenvalue weighted by atomic mass is 16.4. The highest BCUT2D eigenvalue weighted by Crippen LogP contribution is 2.21. The molecule has 0 radical (unpaired) electrons. The van der Waals surface area contributed by atoms with Gasteiger partial charge in [0.15, 0.2) is 5.82 Å². The number of rotatable bonds is 3. The van der Waals surface area contributed by atoms with Crippen molar-refractivity contribution in [2.45, 2.75) is 19.8 Å². The molecule has 0 atom stereocenters. The second-order valence-electron chi connectivity index (χ2n) is 4.36. The van der Waals surface area contributed by atoms with E-state index >= 15 is 0 Å². The Kier molecular flexibility index (Phi) is 3.10. The van der Waals surface area contributed by atoms with Crippen molar-refractivity contribution in [1.82, 2.24) is 19.7 Å². The van der Waals surface area contributed by atoms with Gasteiger partial charge in [0.2, 0.25) is 0 Å². The molecule has 0 aliphatic carbocycles. The SMILES string of the molecule is CC(C)c1nc(-c2cnn(C)c2)ncc1C(=O)O. The average molecular weight is 246 g/mol. The van der Waals surface area contributed by atoms with Crippen LogP contribution in [0, 0.1) is 0 Å². The maximum atomic E-state index is 11.1. The first-order valence-electron chi connectivity index (χ1n) is 5.58. The van der Waals surface area contributed by atoms with Gasteiger partial charge in [0.25, 0.3) is 0 Å². The Labute approximate surface area is 104 Å². The van der Waals surface area contributed by atoms with E-state index in [-0.39, 0.29) is 11.5 Å². The molecule has 2 aromatic heterocycles. The summed E-state index contributed by atoms with van der Waals surface area (Å²) in [6, 6.07) is 0. The molecule has 94 valence electrons. The second kappa shape index (κ2) is 4.56. The molecule has 0 amide bonds. The predicted molar refractivity (Wildman–Crippen MR) is 65.3 cm³/mol. The molecule has 0 saturated heterocycles. The quantitative estimate of drug-likeness (QED) is 0.891. The number of nitrogens with zero attached hydrogens (tertiary/aromatic N) is 4. The van der Waals surface area contributed by atoms with Gasteiger partial charge in [-0.05, 0) is 5.92 Å². The molecule has 0 fully saturated rings. The van der Waals surface area contributed by atoms with E-state index in [4.69, 9.17) is 5.11 Å². The summed E-state index contributed by atoms with van der Waals surface area (Å²) in [5, 5.41) is 13.1. The van der Waals surface area contributed by atoms with Crippen molar-refractivity contribution in [3.05, 3.63) is 29.8 Å². The first-order valence-corrected chi connectivity index (χ1v) is 5.58. The lowest BCUT2D eigenvalue weighted by Crippen LogP contribution is -2.08. The largest absolute Gasteiger partial charge is 0.478 e. The van der Waals surface area contributed by atoms with Crippen LogP contribution < -0.4 is 0 Å². The molecule has 0 bridgehead atoms. The maximum Gasteiger partial charge on any atom is 0.339 e. The molecule has 2 heterocycles. The molecule has 6 nitrogen and oxygen atoms in total. The Morgan fingerprint density at radius 2 is 2.11 bits per heavy atom. The zero-order valence-corrected chi connectivity index (χ0v) is 10.5. The van der Waals surface area contributed by atoms with Crippen LogP contribution in [-0.4, -0.2) is 30.8 Å². The highest BCUT2D eigenvalue weighted by Gasteiger charge is 2.17. The third kappa shape index (κ3) is 2.22. The van der Waals surface area contributed by atoms with Gasteiger partial charge in [-0.15, -0.1) is 0 Å². The minimum Gasteiger partial charge on any atom is -0.478 e. The third-order valence-electron chi connectivity index (χ3n) is 2.56. The minimum absolute atomic E-state index is 0.0227. The first kappa shape index (κ1) is 12.2. The number of aryl methyl sites for hydroxylation is 1. The van der Waals surface area contributed by atoms with Crippen LogP contribution in [0.25, 0.3) is 11.4 Å². The number of carboxylic acids is 1. The van der Waals surface area contributed by atoms with E-state index in [9.17, 15) is 4.79 Å². The van der Waals surface area contributed by atoms with E-state index in [0.717, 1.165) is 5.56 Å². The summed E-state index contributed by atoms with van der Waals surface area (Å²) in [4.78, 5) is 19.5. The summed E-state index contributed by atoms with van der Waals surface area (Å²) in [6.45, 7) is 3.81. The zero-order valence-electron chi connectivity index (χ0n) is 10.5. The summed E-state index contributed by atoms with van der Waals surface area (Å²) in [7, 11) is 1.80. The number of aromatic carboxylic acids is 1. The van der Waals surface area contributed by atoms with Crippen LogP contribution in [-0.2, 0) is 7.05 Å². The Balaban J connectivity index is 2.53. The van der Waals surface area contributed by atoms with Gasteiger partial charge in [0, 0.05) is 19.4 Å². The van der Waals surface area contributed by atoms with E-state index in [1.54, 1.807) is 24.1 Å². The number of carbonyl (C=O) groups is 1. The van der Waals surface area contributed by atoms with Gasteiger partial charge < -0.3 is 5.11 Å². The molecule has 0 aliphatic heterocycles. The highest BCUT2D eigenvalue weighted by molar-refractivity contribution is 5.88. The Morgan fingerprint density at radius 1 is 1.39 bits per heavy atom. The van der Waals surface area contributed by atoms with Gasteiger partial charge in [0.05, 0.1) is 23.0 Å². The topological polar surface area (TPSA) is 80.9 Å². The number of aromatic nitrogens is 4. The lowest BCUT2D eigenvalue weighted by molar-refractivity contribution is 0.0694. The molecular formula is C12H14N4O2. The van der Waals surface area contributed by atoms with Gasteiger partial charge in [-0.25, -0.2) is 14.8 Å². The van der Waals surface area contributed by atoms with Gasteiger partial charge in [0.1, 0.15) is 0 Å². The lowest BCUT2D eigenvalue weighted by atomic mass is 10.1. The fourth-order valence-corrected chi connectivity index (χ4v) is 1.68. The summed E-state index contributed by atoms with van der Waals surface area (Å²) in [5.41, 5.74) is 1.46. The molecule has 0 spiro atoms. The molecule has 6 heteroatoms. The minimum atomic E-state index is -1.00. The van der Waals surface area contributed by atoms with E-state index in [1.807, 2.05) is 13.8 Å². The number of hydrogen-bond acceptors (Lipinski definition) is 4. The van der Waals surface area contributed by atoms with Crippen molar-refractivity contribution in [1.29, 1.82) is 0 Å². The first-order chi connectivity index (χ1) is 8.49. The van der Waals surface area contributed by atoms with E-state index < -0.39 is 5.97 Å². The Morgan fingerprint density at radius 3 is 2.61 bits per heavy atom. The molecule has 0 aliphatic rings. The van der Waals surface area contributed by atoms with E-state index in [0.29, 0.717) is 11.5 Å². The molecular weight excluding hydrogens is 232 g/mol. The normalized spacial score (nSPS) is 10.9. The van der Waals surface area contributed by atoms with Crippen LogP contribution >= 0.6 is 0 Å². The lowest BCUT2D eigenvalue weighted by Gasteiger charge is -2.09. The summed E-state index contributed by atoms with van der Waals surface area (Å²) < 4.78 is 1.65. The molecule has 0 saturated carbocycles. The zero-order chi connectivity index (χ0) is 13.3. The van der Waals surface area contributed by atoms with Crippen molar-refractivity contribution in [2.24, 2.45) is 7.05 Å². The third-order valence-corrected chi connectivity index (χ3v) is 2.56. The van der Waals surface area contributed by atoms with Crippen molar-refractivity contribution in [2.75, 3.05) is 0 Å². The van der Waals surface area contributed by atoms with Gasteiger partial charge in [-0.1, -0.05) is 13.8 Å². The second-order valence-corrected chi connectivity index (χ2v) is 4.36. The van der Waals surface area contributed by atoms with Crippen molar-refractivity contribution in [3.63, 3.8) is 0 Å². The summed E-state index contributed by atoms with van der Waals surface area (Å²) >= 11 is 0. The summed E-state index contributed by atoms with van der Waals surface area (Å²) in [6.07, 6.45) is 4.80. The molecule has 2 rings (SSSR count). The summed E-state index contributed by atoms with van der Waals surface area (Å²) in [5.74, 6) is -0.484. The van der Waals surface area contributed by atoms with Crippen LogP contribution in [0.3, 0.4) is 0 Å². The number of hydrogen-bond donors (Lipinski definition) is 1. The van der Waals surface area contributed by atoms with Gasteiger partial charge in [-0.3, -0.25) is 4.68 Å². The molecule has 18 heavy (non-hydrogen) atoms. The van der Waals surface area contributed by atoms with Crippen molar-refractivity contribution in [3.8, 4) is 11.4 Å². The standard InChI is InChI=1S/C12H14N4O2/c1-7(2)10-9(12(17)18)5-13-11(15-10)8-4-14-16(3)6-8/h4-7H,1-3H3,(H,17,18). The molecule has 0 unspecified atom stereocenters. The van der Waals surface area contributed by atoms with Crippen molar-refractivity contribution < 1.29 is 9.90 Å². The van der Waals surface area contributed by atoms with Crippen LogP contribution in [0.5, 0.6) is 0 Å². The Hall–Kier alpha value is -2.24. The maximum absolute atomic E-state index is 11.1. The molecule has 0 aromatic carbocycles. The number of carboxylic acid groups (broad SMARTS) is 1. The van der Waals surface area contributed by atoms with Gasteiger partial charge >= 0.3 is 5.97 Å². The van der Waals surface area contributed by atoms with Crippen LogP contribution in [0.4, 0.5) is 0 Å². The average Bonchev–Trinajstić information content (AvgIpc) is 2.75. The van der Waals surface area contributed by atoms with E-state index in [1.165, 1.54) is 6.20 Å². The van der Waals surface area contributed by atoms with Crippen LogP contribution in [0.15, 0.2) is 18.6 Å². The Bertz CT molecular complexity index is 590. The van der Waals surface area contributed by atoms with Crippen LogP contribution in [0.2, 0.25) is 0 Å². The van der Waals surface area contributed by atoms with Crippen molar-refractivity contribution >= 4 is 5.97 Å². The van der Waals surface area contributed by atoms with Crippen LogP contribution in [0.1, 0.15) is 35.8 Å². The fourth-order valence-electron chi connectivity index (χ4n) is 1.68. The van der Waals surface area contributed by atoms with E-state index in [2.05, 4.69) is 15.1 Å². The predicted octanol–water partition coefficient (Wildman–Crippen LogP) is 1.70. The molecule has 1 N–H and O–H groups in total. The smallest absolute Gasteiger partial charge is 0.339 e.